The van der Waals surface area contributed by atoms with E-state index in [4.69, 9.17) is 4.43 Å². The van der Waals surface area contributed by atoms with Crippen molar-refractivity contribution < 1.29 is 27.8 Å². The van der Waals surface area contributed by atoms with Gasteiger partial charge < -0.3 is 14.6 Å². The summed E-state index contributed by atoms with van der Waals surface area (Å²) in [6.07, 6.45) is 1.73. The predicted octanol–water partition coefficient (Wildman–Crippen LogP) is 6.94. The van der Waals surface area contributed by atoms with Gasteiger partial charge in [-0.1, -0.05) is 81.4 Å². The molecule has 44 heavy (non-hydrogen) atoms. The van der Waals surface area contributed by atoms with E-state index in [-0.39, 0.29) is 11.4 Å². The van der Waals surface area contributed by atoms with Crippen LogP contribution in [0.3, 0.4) is 0 Å². The number of phenols is 2. The second kappa shape index (κ2) is 12.3. The summed E-state index contributed by atoms with van der Waals surface area (Å²) in [7, 11) is -3.25. The summed E-state index contributed by atoms with van der Waals surface area (Å²) >= 11 is 3.22. The molecule has 0 aliphatic carbocycles. The molecule has 2 heterocycles. The standard InChI is InChI=1S/C34H36BrF3N2O3Si/c1-22-15-23-16-29(41)30(42)18-27(23)32(31-28(36)17-24(35)19-39-31)40(22)20-34(37,38)21-43-44(33(2,3)4,25-11-7-5-8-12-25)26-13-9-6-10-14-26/h5-14,16-19,22,32,41-42H,15,20-21H2,1-4H3/t22-,32+/m1/s1. The molecule has 10 heteroatoms. The Morgan fingerprint density at radius 3 is 2.07 bits per heavy atom. The van der Waals surface area contributed by atoms with E-state index in [0.717, 1.165) is 10.4 Å². The lowest BCUT2D eigenvalue weighted by molar-refractivity contribution is -0.0824. The van der Waals surface area contributed by atoms with Gasteiger partial charge in [-0.25, -0.2) is 13.2 Å². The number of aromatic nitrogens is 1. The second-order valence-corrected chi connectivity index (χ2v) is 17.7. The number of nitrogens with zero attached hydrogens (tertiary/aromatic N) is 2. The van der Waals surface area contributed by atoms with Crippen molar-refractivity contribution in [3.8, 4) is 11.5 Å². The molecule has 5 rings (SSSR count). The van der Waals surface area contributed by atoms with Crippen LogP contribution in [0.25, 0.3) is 0 Å². The molecule has 5 nitrogen and oxygen atoms in total. The molecule has 0 amide bonds. The number of rotatable bonds is 8. The molecule has 232 valence electrons. The van der Waals surface area contributed by atoms with Crippen molar-refractivity contribution in [2.45, 2.75) is 57.2 Å². The fourth-order valence-electron chi connectivity index (χ4n) is 6.40. The topological polar surface area (TPSA) is 65.8 Å². The smallest absolute Gasteiger partial charge is 0.282 e. The van der Waals surface area contributed by atoms with Crippen LogP contribution in [0.2, 0.25) is 5.04 Å². The summed E-state index contributed by atoms with van der Waals surface area (Å²) in [6, 6.07) is 21.7. The third-order valence-corrected chi connectivity index (χ3v) is 13.8. The number of benzene rings is 3. The van der Waals surface area contributed by atoms with Gasteiger partial charge in [-0.05, 0) is 74.0 Å². The lowest BCUT2D eigenvalue weighted by atomic mass is 9.86. The number of fused-ring (bicyclic) bond motifs is 1. The lowest BCUT2D eigenvalue weighted by Gasteiger charge is -2.45. The zero-order valence-electron chi connectivity index (χ0n) is 25.1. The molecule has 0 saturated heterocycles. The second-order valence-electron chi connectivity index (χ2n) is 12.5. The number of phenolic OH excluding ortho intramolecular Hbond substituents is 2. The van der Waals surface area contributed by atoms with Crippen LogP contribution in [0.1, 0.15) is 50.6 Å². The van der Waals surface area contributed by atoms with E-state index in [1.165, 1.54) is 29.3 Å². The first-order chi connectivity index (χ1) is 20.7. The highest BCUT2D eigenvalue weighted by molar-refractivity contribution is 9.10. The van der Waals surface area contributed by atoms with Crippen molar-refractivity contribution in [1.82, 2.24) is 9.88 Å². The Morgan fingerprint density at radius 2 is 1.52 bits per heavy atom. The third kappa shape index (κ3) is 6.17. The molecular formula is C34H36BrF3N2O3Si. The Balaban J connectivity index is 1.54. The molecule has 0 bridgehead atoms. The number of hydrogen-bond acceptors (Lipinski definition) is 5. The molecular weight excluding hydrogens is 649 g/mol. The number of alkyl halides is 2. The number of pyridine rings is 1. The third-order valence-electron chi connectivity index (χ3n) is 8.37. The van der Waals surface area contributed by atoms with Gasteiger partial charge in [0.25, 0.3) is 14.2 Å². The molecule has 0 fully saturated rings. The minimum absolute atomic E-state index is 0.0465. The quantitative estimate of drug-likeness (QED) is 0.156. The zero-order valence-corrected chi connectivity index (χ0v) is 27.7. The Labute approximate surface area is 265 Å². The van der Waals surface area contributed by atoms with Gasteiger partial charge in [-0.3, -0.25) is 9.88 Å². The first kappa shape index (κ1) is 32.2. The molecule has 0 unspecified atom stereocenters. The average Bonchev–Trinajstić information content (AvgIpc) is 2.96. The summed E-state index contributed by atoms with van der Waals surface area (Å²) < 4.78 is 55.1. The van der Waals surface area contributed by atoms with Crippen LogP contribution in [0.5, 0.6) is 11.5 Å². The van der Waals surface area contributed by atoms with Crippen LogP contribution in [-0.4, -0.2) is 53.5 Å². The van der Waals surface area contributed by atoms with Crippen LogP contribution in [0.15, 0.2) is 89.5 Å². The van der Waals surface area contributed by atoms with Crippen molar-refractivity contribution in [3.63, 3.8) is 0 Å². The average molecular weight is 686 g/mol. The first-order valence-electron chi connectivity index (χ1n) is 14.5. The van der Waals surface area contributed by atoms with Crippen LogP contribution in [0.4, 0.5) is 13.2 Å². The molecule has 0 spiro atoms. The maximum absolute atomic E-state index is 16.3. The van der Waals surface area contributed by atoms with E-state index in [0.29, 0.717) is 22.0 Å². The lowest BCUT2D eigenvalue weighted by Crippen LogP contribution is -2.67. The van der Waals surface area contributed by atoms with Gasteiger partial charge in [-0.15, -0.1) is 0 Å². The van der Waals surface area contributed by atoms with Crippen LogP contribution >= 0.6 is 15.9 Å². The minimum Gasteiger partial charge on any atom is -0.504 e. The fourth-order valence-corrected chi connectivity index (χ4v) is 11.3. The highest BCUT2D eigenvalue weighted by atomic mass is 79.9. The van der Waals surface area contributed by atoms with Gasteiger partial charge >= 0.3 is 0 Å². The van der Waals surface area contributed by atoms with Gasteiger partial charge in [0, 0.05) is 16.7 Å². The Hall–Kier alpha value is -3.18. The molecule has 1 aromatic heterocycles. The normalized spacial score (nSPS) is 17.8. The monoisotopic (exact) mass is 684 g/mol. The summed E-state index contributed by atoms with van der Waals surface area (Å²) in [4.78, 5) is 5.81. The SMILES string of the molecule is C[C@@H]1Cc2cc(O)c(O)cc2[C@@H](c2ncc(Br)cc2F)N1CC(F)(F)CO[Si](c1ccccc1)(c1ccccc1)C(C)(C)C. The molecule has 4 aromatic rings. The first-order valence-corrected chi connectivity index (χ1v) is 17.2. The minimum atomic E-state index is -3.35. The van der Waals surface area contributed by atoms with Gasteiger partial charge in [0.15, 0.2) is 11.5 Å². The Kier molecular flexibility index (Phi) is 9.01. The highest BCUT2D eigenvalue weighted by Gasteiger charge is 2.52. The van der Waals surface area contributed by atoms with E-state index in [1.54, 1.807) is 6.92 Å². The van der Waals surface area contributed by atoms with Crippen molar-refractivity contribution in [2.75, 3.05) is 13.2 Å². The van der Waals surface area contributed by atoms with Gasteiger partial charge in [0.1, 0.15) is 5.82 Å². The van der Waals surface area contributed by atoms with Crippen LogP contribution in [0, 0.1) is 5.82 Å². The largest absolute Gasteiger partial charge is 0.504 e. The van der Waals surface area contributed by atoms with Crippen molar-refractivity contribution in [1.29, 1.82) is 0 Å². The van der Waals surface area contributed by atoms with Crippen LogP contribution < -0.4 is 10.4 Å². The van der Waals surface area contributed by atoms with E-state index in [1.807, 2.05) is 81.4 Å². The van der Waals surface area contributed by atoms with E-state index in [9.17, 15) is 10.2 Å². The van der Waals surface area contributed by atoms with E-state index < -0.39 is 56.1 Å². The summed E-state index contributed by atoms with van der Waals surface area (Å²) in [5.41, 5.74) is 0.996. The number of aromatic hydroxyl groups is 2. The van der Waals surface area contributed by atoms with Crippen molar-refractivity contribution in [2.24, 2.45) is 0 Å². The summed E-state index contributed by atoms with van der Waals surface area (Å²) in [5, 5.41) is 21.8. The molecule has 1 aliphatic rings. The Bertz CT molecular complexity index is 1580. The molecule has 2 N–H and O–H groups in total. The van der Waals surface area contributed by atoms with Gasteiger partial charge in [-0.2, -0.15) is 0 Å². The van der Waals surface area contributed by atoms with E-state index >= 15 is 13.2 Å². The van der Waals surface area contributed by atoms with Crippen molar-refractivity contribution in [3.05, 3.63) is 112 Å². The molecule has 3 aromatic carbocycles. The molecule has 1 aliphatic heterocycles. The summed E-state index contributed by atoms with van der Waals surface area (Å²) in [5.74, 6) is -4.75. The number of halogens is 4. The maximum Gasteiger partial charge on any atom is 0.282 e. The van der Waals surface area contributed by atoms with Gasteiger partial charge in [0.05, 0.1) is 24.9 Å². The van der Waals surface area contributed by atoms with Gasteiger partial charge in [0.2, 0.25) is 0 Å². The molecule has 0 radical (unpaired) electrons. The predicted molar refractivity (Wildman–Crippen MR) is 172 cm³/mol. The maximum atomic E-state index is 16.3. The van der Waals surface area contributed by atoms with Crippen LogP contribution in [-0.2, 0) is 10.8 Å². The highest BCUT2D eigenvalue weighted by Crippen LogP contribution is 2.44. The molecule has 2 atom stereocenters. The fraction of sp³-hybridized carbons (Fsp3) is 0.324. The Morgan fingerprint density at radius 1 is 0.955 bits per heavy atom. The van der Waals surface area contributed by atoms with Crippen molar-refractivity contribution >= 4 is 34.6 Å². The van der Waals surface area contributed by atoms with E-state index in [2.05, 4.69) is 20.9 Å². The summed E-state index contributed by atoms with van der Waals surface area (Å²) in [6.45, 7) is 6.29. The number of hydrogen-bond donors (Lipinski definition) is 2. The molecule has 0 saturated carbocycles. The zero-order chi connectivity index (χ0) is 31.9.